The van der Waals surface area contributed by atoms with Crippen molar-refractivity contribution in [3.8, 4) is 0 Å². The van der Waals surface area contributed by atoms with Crippen LogP contribution in [0.2, 0.25) is 5.02 Å². The number of aromatic nitrogens is 2. The minimum atomic E-state index is -0.855. The summed E-state index contributed by atoms with van der Waals surface area (Å²) in [5, 5.41) is 4.92. The van der Waals surface area contributed by atoms with Crippen LogP contribution < -0.4 is 5.73 Å². The first-order valence-electron chi connectivity index (χ1n) is 6.82. The van der Waals surface area contributed by atoms with Crippen molar-refractivity contribution in [2.24, 2.45) is 12.8 Å². The van der Waals surface area contributed by atoms with Gasteiger partial charge in [-0.05, 0) is 24.5 Å². The van der Waals surface area contributed by atoms with Gasteiger partial charge in [0, 0.05) is 19.5 Å². The average Bonchev–Trinajstić information content (AvgIpc) is 2.71. The Hall–Kier alpha value is -1.46. The van der Waals surface area contributed by atoms with Gasteiger partial charge in [0.05, 0.1) is 16.4 Å². The molecular weight excluding hydrogens is 296 g/mol. The van der Waals surface area contributed by atoms with Crippen LogP contribution >= 0.6 is 11.6 Å². The molecule has 0 saturated carbocycles. The molecule has 0 aliphatic carbocycles. The molecule has 0 radical (unpaired) electrons. The molecule has 0 amide bonds. The summed E-state index contributed by atoms with van der Waals surface area (Å²) < 4.78 is 28.5. The molecule has 3 nitrogen and oxygen atoms in total. The van der Waals surface area contributed by atoms with Gasteiger partial charge < -0.3 is 5.73 Å². The second-order valence-corrected chi connectivity index (χ2v) is 5.44. The zero-order valence-electron chi connectivity index (χ0n) is 12.0. The molecular formula is C15H18ClF2N3. The van der Waals surface area contributed by atoms with Gasteiger partial charge in [-0.3, -0.25) is 4.68 Å². The van der Waals surface area contributed by atoms with Gasteiger partial charge in [0.25, 0.3) is 0 Å². The fourth-order valence-electron chi connectivity index (χ4n) is 2.35. The van der Waals surface area contributed by atoms with E-state index in [9.17, 15) is 8.78 Å². The molecule has 1 unspecified atom stereocenters. The summed E-state index contributed by atoms with van der Waals surface area (Å²) in [6.07, 6.45) is 1.44. The number of rotatable bonds is 5. The van der Waals surface area contributed by atoms with E-state index in [2.05, 4.69) is 5.10 Å². The highest BCUT2D eigenvalue weighted by Gasteiger charge is 2.18. The molecule has 2 rings (SSSR count). The van der Waals surface area contributed by atoms with E-state index in [0.717, 1.165) is 23.9 Å². The van der Waals surface area contributed by atoms with Gasteiger partial charge in [-0.1, -0.05) is 30.7 Å². The molecule has 114 valence electrons. The molecule has 1 atom stereocenters. The first-order valence-corrected chi connectivity index (χ1v) is 7.20. The lowest BCUT2D eigenvalue weighted by molar-refractivity contribution is 0.491. The van der Waals surface area contributed by atoms with Crippen molar-refractivity contribution in [3.05, 3.63) is 51.8 Å². The maximum Gasteiger partial charge on any atom is 0.162 e. The van der Waals surface area contributed by atoms with Crippen LogP contribution in [0.5, 0.6) is 0 Å². The molecule has 0 aliphatic heterocycles. The van der Waals surface area contributed by atoms with Crippen molar-refractivity contribution in [1.29, 1.82) is 0 Å². The Bertz CT molecular complexity index is 640. The average molecular weight is 314 g/mol. The number of nitrogens with two attached hydrogens (primary N) is 1. The Labute approximate surface area is 127 Å². The molecule has 0 spiro atoms. The third-order valence-corrected chi connectivity index (χ3v) is 3.91. The summed E-state index contributed by atoms with van der Waals surface area (Å²) in [5.41, 5.74) is 7.97. The Kier molecular flexibility index (Phi) is 4.96. The van der Waals surface area contributed by atoms with Crippen LogP contribution in [0.4, 0.5) is 8.78 Å². The normalized spacial score (nSPS) is 12.7. The van der Waals surface area contributed by atoms with Crippen LogP contribution in [0.15, 0.2) is 18.2 Å². The molecule has 0 fully saturated rings. The Balaban J connectivity index is 2.14. The fourth-order valence-corrected chi connectivity index (χ4v) is 2.72. The third-order valence-electron chi connectivity index (χ3n) is 3.47. The highest BCUT2D eigenvalue weighted by molar-refractivity contribution is 6.31. The number of hydrogen-bond acceptors (Lipinski definition) is 2. The molecule has 1 heterocycles. The Morgan fingerprint density at radius 2 is 2.05 bits per heavy atom. The lowest BCUT2D eigenvalue weighted by Crippen LogP contribution is -2.27. The van der Waals surface area contributed by atoms with Gasteiger partial charge in [0.2, 0.25) is 0 Å². The van der Waals surface area contributed by atoms with E-state index in [1.165, 1.54) is 6.07 Å². The van der Waals surface area contributed by atoms with Crippen LogP contribution in [0, 0.1) is 11.6 Å². The summed E-state index contributed by atoms with van der Waals surface area (Å²) in [5.74, 6) is -1.69. The van der Waals surface area contributed by atoms with Crippen molar-refractivity contribution in [1.82, 2.24) is 9.78 Å². The molecule has 2 N–H and O–H groups in total. The van der Waals surface area contributed by atoms with Crippen molar-refractivity contribution in [3.63, 3.8) is 0 Å². The van der Waals surface area contributed by atoms with Gasteiger partial charge in [0.15, 0.2) is 11.6 Å². The van der Waals surface area contributed by atoms with Crippen molar-refractivity contribution in [2.75, 3.05) is 0 Å². The molecule has 6 heteroatoms. The Morgan fingerprint density at radius 1 is 1.33 bits per heavy atom. The van der Waals surface area contributed by atoms with E-state index >= 15 is 0 Å². The zero-order valence-corrected chi connectivity index (χ0v) is 12.8. The monoisotopic (exact) mass is 313 g/mol. The van der Waals surface area contributed by atoms with Gasteiger partial charge >= 0.3 is 0 Å². The highest BCUT2D eigenvalue weighted by Crippen LogP contribution is 2.23. The molecule has 0 bridgehead atoms. The molecule has 2 aromatic rings. The van der Waals surface area contributed by atoms with E-state index in [0.29, 0.717) is 11.4 Å². The summed E-state index contributed by atoms with van der Waals surface area (Å²) in [6.45, 7) is 1.97. The van der Waals surface area contributed by atoms with Crippen molar-refractivity contribution < 1.29 is 8.78 Å². The maximum atomic E-state index is 13.6. The van der Waals surface area contributed by atoms with Crippen LogP contribution in [0.25, 0.3) is 0 Å². The van der Waals surface area contributed by atoms with Crippen molar-refractivity contribution >= 4 is 11.6 Å². The second-order valence-electron chi connectivity index (χ2n) is 5.07. The van der Waals surface area contributed by atoms with Gasteiger partial charge in [-0.2, -0.15) is 5.10 Å². The molecule has 1 aromatic heterocycles. The van der Waals surface area contributed by atoms with Crippen LogP contribution in [-0.2, 0) is 26.3 Å². The van der Waals surface area contributed by atoms with Gasteiger partial charge in [-0.25, -0.2) is 8.78 Å². The van der Waals surface area contributed by atoms with Crippen LogP contribution in [-0.4, -0.2) is 15.8 Å². The summed E-state index contributed by atoms with van der Waals surface area (Å²) in [7, 11) is 1.80. The second kappa shape index (κ2) is 6.54. The lowest BCUT2D eigenvalue weighted by Gasteiger charge is -2.13. The van der Waals surface area contributed by atoms with E-state index in [1.54, 1.807) is 17.8 Å². The quantitative estimate of drug-likeness (QED) is 0.922. The number of halogens is 3. The number of benzene rings is 1. The molecule has 21 heavy (non-hydrogen) atoms. The molecule has 1 aromatic carbocycles. The smallest absolute Gasteiger partial charge is 0.162 e. The van der Waals surface area contributed by atoms with Crippen molar-refractivity contribution in [2.45, 2.75) is 32.2 Å². The fraction of sp³-hybridized carbons (Fsp3) is 0.400. The Morgan fingerprint density at radius 3 is 2.67 bits per heavy atom. The predicted molar refractivity (Wildman–Crippen MR) is 79.3 cm³/mol. The maximum absolute atomic E-state index is 13.6. The van der Waals surface area contributed by atoms with Gasteiger partial charge in [-0.15, -0.1) is 0 Å². The number of hydrogen-bond donors (Lipinski definition) is 1. The first kappa shape index (κ1) is 15.9. The number of aryl methyl sites for hydroxylation is 2. The van der Waals surface area contributed by atoms with Gasteiger partial charge in [0.1, 0.15) is 0 Å². The summed E-state index contributed by atoms with van der Waals surface area (Å²) >= 11 is 6.26. The molecule has 0 aliphatic rings. The van der Waals surface area contributed by atoms with E-state index in [4.69, 9.17) is 17.3 Å². The van der Waals surface area contributed by atoms with E-state index < -0.39 is 11.6 Å². The third kappa shape index (κ3) is 3.41. The summed E-state index contributed by atoms with van der Waals surface area (Å²) in [6, 6.07) is 3.75. The lowest BCUT2D eigenvalue weighted by atomic mass is 10.0. The topological polar surface area (TPSA) is 43.8 Å². The minimum Gasteiger partial charge on any atom is -0.327 e. The minimum absolute atomic E-state index is 0.243. The predicted octanol–water partition coefficient (Wildman–Crippen LogP) is 3.03. The largest absolute Gasteiger partial charge is 0.327 e. The number of nitrogens with zero attached hydrogens (tertiary/aromatic N) is 2. The SMILES string of the molecule is CCc1nn(C)c(CC(N)Cc2cccc(F)c2F)c1Cl. The van der Waals surface area contributed by atoms with Crippen LogP contribution in [0.1, 0.15) is 23.9 Å². The summed E-state index contributed by atoms with van der Waals surface area (Å²) in [4.78, 5) is 0. The van der Waals surface area contributed by atoms with E-state index in [1.807, 2.05) is 6.92 Å². The van der Waals surface area contributed by atoms with E-state index in [-0.39, 0.29) is 18.0 Å². The zero-order chi connectivity index (χ0) is 15.6. The highest BCUT2D eigenvalue weighted by atomic mass is 35.5. The standard InChI is InChI=1S/C15H18ClF2N3/c1-3-12-14(16)13(21(2)20-12)8-10(19)7-9-5-4-6-11(17)15(9)18/h4-6,10H,3,7-8,19H2,1-2H3. The van der Waals surface area contributed by atoms with Crippen LogP contribution in [0.3, 0.4) is 0 Å². The molecule has 0 saturated heterocycles. The first-order chi connectivity index (χ1) is 9.93.